The van der Waals surface area contributed by atoms with Gasteiger partial charge in [0.15, 0.2) is 0 Å². The van der Waals surface area contributed by atoms with Gasteiger partial charge in [0.05, 0.1) is 4.92 Å². The summed E-state index contributed by atoms with van der Waals surface area (Å²) in [4.78, 5) is 26.1. The molecule has 0 bridgehead atoms. The molecule has 114 valence electrons. The largest absolute Gasteiger partial charge is 0.459 e. The van der Waals surface area contributed by atoms with Crippen molar-refractivity contribution in [1.82, 2.24) is 4.98 Å². The zero-order valence-electron chi connectivity index (χ0n) is 11.9. The highest BCUT2D eigenvalue weighted by atomic mass is 35.5. The summed E-state index contributed by atoms with van der Waals surface area (Å²) in [5.41, 5.74) is -0.535. The zero-order chi connectivity index (χ0) is 15.6. The lowest BCUT2D eigenvalue weighted by molar-refractivity contribution is -0.385. The fourth-order valence-corrected chi connectivity index (χ4v) is 3.07. The van der Waals surface area contributed by atoms with Gasteiger partial charge in [0.1, 0.15) is 23.0 Å². The first-order chi connectivity index (χ1) is 9.86. The van der Waals surface area contributed by atoms with Crippen molar-refractivity contribution in [2.24, 2.45) is 11.8 Å². The summed E-state index contributed by atoms with van der Waals surface area (Å²) in [6.07, 6.45) is 3.44. The first-order valence-electron chi connectivity index (χ1n) is 6.87. The molecule has 0 aliphatic heterocycles. The molecule has 1 aliphatic rings. The van der Waals surface area contributed by atoms with Gasteiger partial charge in [-0.15, -0.1) is 0 Å². The van der Waals surface area contributed by atoms with E-state index in [1.807, 2.05) is 0 Å². The third kappa shape index (κ3) is 3.91. The van der Waals surface area contributed by atoms with Gasteiger partial charge in [-0.05, 0) is 37.2 Å². The normalized spacial score (nSPS) is 25.4. The molecule has 1 saturated carbocycles. The zero-order valence-corrected chi connectivity index (χ0v) is 12.7. The molecule has 0 aromatic carbocycles. The maximum atomic E-state index is 12.2. The predicted molar refractivity (Wildman–Crippen MR) is 77.3 cm³/mol. The van der Waals surface area contributed by atoms with Crippen LogP contribution in [-0.2, 0) is 4.74 Å². The van der Waals surface area contributed by atoms with Crippen LogP contribution in [0.5, 0.6) is 0 Å². The number of nitro groups is 1. The molecule has 6 nitrogen and oxygen atoms in total. The van der Waals surface area contributed by atoms with Crippen LogP contribution in [0.15, 0.2) is 12.3 Å². The van der Waals surface area contributed by atoms with Gasteiger partial charge in [-0.1, -0.05) is 25.4 Å². The number of rotatable bonds is 3. The van der Waals surface area contributed by atoms with Crippen molar-refractivity contribution in [2.75, 3.05) is 0 Å². The molecule has 1 fully saturated rings. The summed E-state index contributed by atoms with van der Waals surface area (Å²) >= 11 is 5.71. The van der Waals surface area contributed by atoms with Crippen LogP contribution < -0.4 is 0 Å². The van der Waals surface area contributed by atoms with Crippen molar-refractivity contribution < 1.29 is 14.5 Å². The summed E-state index contributed by atoms with van der Waals surface area (Å²) in [6, 6.07) is 1.18. The monoisotopic (exact) mass is 312 g/mol. The Kier molecular flexibility index (Phi) is 4.77. The average molecular weight is 313 g/mol. The highest BCUT2D eigenvalue weighted by Gasteiger charge is 2.29. The quantitative estimate of drug-likeness (QED) is 0.368. The van der Waals surface area contributed by atoms with E-state index in [0.29, 0.717) is 11.8 Å². The van der Waals surface area contributed by atoms with Crippen LogP contribution in [0.3, 0.4) is 0 Å². The third-order valence-electron chi connectivity index (χ3n) is 3.68. The summed E-state index contributed by atoms with van der Waals surface area (Å²) in [5, 5.41) is 11.0. The minimum Gasteiger partial charge on any atom is -0.459 e. The van der Waals surface area contributed by atoms with Gasteiger partial charge in [-0.2, -0.15) is 0 Å². The number of carbonyl (C=O) groups is 1. The fourth-order valence-electron chi connectivity index (χ4n) is 2.92. The number of halogens is 1. The second kappa shape index (κ2) is 6.39. The molecule has 2 rings (SSSR count). The summed E-state index contributed by atoms with van der Waals surface area (Å²) in [5.74, 6) is 0.238. The van der Waals surface area contributed by atoms with E-state index >= 15 is 0 Å². The number of hydrogen-bond acceptors (Lipinski definition) is 5. The van der Waals surface area contributed by atoms with Crippen LogP contribution in [0, 0.1) is 22.0 Å². The standard InChI is InChI=1S/C14H17ClN2O4/c1-8-3-9(2)5-10(4-8)21-14(18)11-6-13(15)16-7-12(11)17(19)20/h6-10H,3-5H2,1-2H3. The van der Waals surface area contributed by atoms with Crippen molar-refractivity contribution in [3.05, 3.63) is 33.1 Å². The van der Waals surface area contributed by atoms with E-state index in [9.17, 15) is 14.9 Å². The number of pyridine rings is 1. The third-order valence-corrected chi connectivity index (χ3v) is 3.88. The molecule has 2 unspecified atom stereocenters. The van der Waals surface area contributed by atoms with E-state index < -0.39 is 10.9 Å². The molecule has 0 saturated heterocycles. The second-order valence-electron chi connectivity index (χ2n) is 5.73. The Morgan fingerprint density at radius 3 is 2.57 bits per heavy atom. The molecule has 7 heteroatoms. The van der Waals surface area contributed by atoms with Gasteiger partial charge in [0.25, 0.3) is 0 Å². The van der Waals surface area contributed by atoms with Gasteiger partial charge in [-0.25, -0.2) is 9.78 Å². The first-order valence-corrected chi connectivity index (χ1v) is 7.25. The highest BCUT2D eigenvalue weighted by molar-refractivity contribution is 6.29. The van der Waals surface area contributed by atoms with E-state index in [4.69, 9.17) is 16.3 Å². The van der Waals surface area contributed by atoms with Gasteiger partial charge in [0.2, 0.25) is 0 Å². The van der Waals surface area contributed by atoms with Crippen molar-refractivity contribution in [3.8, 4) is 0 Å². The van der Waals surface area contributed by atoms with Gasteiger partial charge in [0, 0.05) is 0 Å². The van der Waals surface area contributed by atoms with Gasteiger partial charge >= 0.3 is 11.7 Å². The average Bonchev–Trinajstić information content (AvgIpc) is 2.36. The van der Waals surface area contributed by atoms with E-state index in [-0.39, 0.29) is 22.5 Å². The van der Waals surface area contributed by atoms with Crippen molar-refractivity contribution in [1.29, 1.82) is 0 Å². The highest BCUT2D eigenvalue weighted by Crippen LogP contribution is 2.31. The molecule has 0 N–H and O–H groups in total. The minimum absolute atomic E-state index is 0.0259. The molecule has 2 atom stereocenters. The molecule has 21 heavy (non-hydrogen) atoms. The van der Waals surface area contributed by atoms with Crippen molar-refractivity contribution in [2.45, 2.75) is 39.2 Å². The predicted octanol–water partition coefficient (Wildman–Crippen LogP) is 3.62. The summed E-state index contributed by atoms with van der Waals surface area (Å²) in [7, 11) is 0. The number of hydrogen-bond donors (Lipinski definition) is 0. The lowest BCUT2D eigenvalue weighted by Crippen LogP contribution is -2.28. The van der Waals surface area contributed by atoms with Gasteiger partial charge in [-0.3, -0.25) is 10.1 Å². The SMILES string of the molecule is CC1CC(C)CC(OC(=O)c2cc(Cl)ncc2[N+](=O)[O-])C1. The molecule has 1 aliphatic carbocycles. The molecular weight excluding hydrogens is 296 g/mol. The Balaban J connectivity index is 2.16. The molecule has 1 heterocycles. The summed E-state index contributed by atoms with van der Waals surface area (Å²) in [6.45, 7) is 4.23. The Morgan fingerprint density at radius 1 is 1.38 bits per heavy atom. The van der Waals surface area contributed by atoms with Crippen molar-refractivity contribution >= 4 is 23.3 Å². The van der Waals surface area contributed by atoms with E-state index in [1.54, 1.807) is 0 Å². The second-order valence-corrected chi connectivity index (χ2v) is 6.11. The Bertz CT molecular complexity index is 554. The van der Waals surface area contributed by atoms with Crippen LogP contribution in [0.4, 0.5) is 5.69 Å². The Morgan fingerprint density at radius 2 is 2.00 bits per heavy atom. The van der Waals surface area contributed by atoms with Gasteiger partial charge < -0.3 is 4.74 Å². The minimum atomic E-state index is -0.711. The number of aromatic nitrogens is 1. The molecule has 0 spiro atoms. The fraction of sp³-hybridized carbons (Fsp3) is 0.571. The number of esters is 1. The summed E-state index contributed by atoms with van der Waals surface area (Å²) < 4.78 is 5.43. The smallest absolute Gasteiger partial charge is 0.345 e. The van der Waals surface area contributed by atoms with E-state index in [0.717, 1.165) is 25.5 Å². The maximum Gasteiger partial charge on any atom is 0.345 e. The van der Waals surface area contributed by atoms with E-state index in [2.05, 4.69) is 18.8 Å². The number of carbonyl (C=O) groups excluding carboxylic acids is 1. The Hall–Kier alpha value is -1.69. The molecular formula is C14H17ClN2O4. The first kappa shape index (κ1) is 15.7. The van der Waals surface area contributed by atoms with Crippen LogP contribution in [-0.4, -0.2) is 22.0 Å². The van der Waals surface area contributed by atoms with E-state index in [1.165, 1.54) is 6.07 Å². The lowest BCUT2D eigenvalue weighted by atomic mass is 9.82. The van der Waals surface area contributed by atoms with Crippen LogP contribution in [0.1, 0.15) is 43.5 Å². The van der Waals surface area contributed by atoms with Crippen LogP contribution in [0.25, 0.3) is 0 Å². The van der Waals surface area contributed by atoms with Crippen molar-refractivity contribution in [3.63, 3.8) is 0 Å². The van der Waals surface area contributed by atoms with Crippen LogP contribution in [0.2, 0.25) is 5.15 Å². The van der Waals surface area contributed by atoms with Crippen LogP contribution >= 0.6 is 11.6 Å². The maximum absolute atomic E-state index is 12.2. The number of ether oxygens (including phenoxy) is 1. The molecule has 1 aromatic rings. The topological polar surface area (TPSA) is 82.3 Å². The Labute approximate surface area is 127 Å². The molecule has 0 radical (unpaired) electrons. The molecule has 1 aromatic heterocycles. The number of nitrogens with zero attached hydrogens (tertiary/aromatic N) is 2. The lowest BCUT2D eigenvalue weighted by Gasteiger charge is -2.30. The molecule has 0 amide bonds.